The number of hydrogen-bond acceptors (Lipinski definition) is 3. The van der Waals surface area contributed by atoms with Crippen molar-refractivity contribution in [3.8, 4) is 5.69 Å². The van der Waals surface area contributed by atoms with Crippen LogP contribution in [-0.2, 0) is 6.54 Å². The molecule has 136 valence electrons. The predicted octanol–water partition coefficient (Wildman–Crippen LogP) is 3.03. The van der Waals surface area contributed by atoms with Crippen molar-refractivity contribution in [3.63, 3.8) is 0 Å². The lowest BCUT2D eigenvalue weighted by Crippen LogP contribution is -2.37. The van der Waals surface area contributed by atoms with Crippen LogP contribution in [0, 0.1) is 19.7 Å². The number of halogens is 1. The van der Waals surface area contributed by atoms with Crippen molar-refractivity contribution in [2.45, 2.75) is 39.8 Å². The van der Waals surface area contributed by atoms with Crippen molar-refractivity contribution in [1.29, 1.82) is 0 Å². The summed E-state index contributed by atoms with van der Waals surface area (Å²) in [6, 6.07) is 6.03. The van der Waals surface area contributed by atoms with Gasteiger partial charge in [0, 0.05) is 25.0 Å². The molecule has 0 fully saturated rings. The lowest BCUT2D eigenvalue weighted by atomic mass is 10.1. The van der Waals surface area contributed by atoms with Crippen molar-refractivity contribution in [1.82, 2.24) is 24.6 Å². The zero-order valence-corrected chi connectivity index (χ0v) is 15.1. The Morgan fingerprint density at radius 2 is 2.00 bits per heavy atom. The average Bonchev–Trinajstić information content (AvgIpc) is 3.22. The van der Waals surface area contributed by atoms with E-state index in [4.69, 9.17) is 0 Å². The maximum Gasteiger partial charge on any atom is 0.255 e. The van der Waals surface area contributed by atoms with Crippen LogP contribution in [0.4, 0.5) is 4.39 Å². The minimum atomic E-state index is -0.307. The molecule has 3 aromatic rings. The van der Waals surface area contributed by atoms with Crippen LogP contribution >= 0.6 is 0 Å². The van der Waals surface area contributed by atoms with Gasteiger partial charge in [0.15, 0.2) is 0 Å². The molecule has 3 rings (SSSR count). The molecule has 1 N–H and O–H groups in total. The van der Waals surface area contributed by atoms with E-state index in [0.717, 1.165) is 17.8 Å². The third-order valence-electron chi connectivity index (χ3n) is 4.41. The molecule has 0 spiro atoms. The second-order valence-electron chi connectivity index (χ2n) is 6.27. The van der Waals surface area contributed by atoms with Gasteiger partial charge in [-0.15, -0.1) is 0 Å². The molecule has 0 radical (unpaired) electrons. The molecular weight excluding hydrogens is 333 g/mol. The molecule has 0 saturated heterocycles. The average molecular weight is 355 g/mol. The van der Waals surface area contributed by atoms with E-state index in [2.05, 4.69) is 15.4 Å². The van der Waals surface area contributed by atoms with Gasteiger partial charge in [-0.25, -0.2) is 14.1 Å². The molecule has 1 atom stereocenters. The monoisotopic (exact) mass is 355 g/mol. The number of carbonyl (C=O) groups excluding carboxylic acids is 1. The third kappa shape index (κ3) is 3.66. The van der Waals surface area contributed by atoms with Crippen LogP contribution in [0.3, 0.4) is 0 Å². The summed E-state index contributed by atoms with van der Waals surface area (Å²) < 4.78 is 16.8. The smallest absolute Gasteiger partial charge is 0.255 e. The number of aromatic nitrogens is 4. The van der Waals surface area contributed by atoms with Crippen LogP contribution in [-0.4, -0.2) is 31.3 Å². The number of benzene rings is 1. The summed E-state index contributed by atoms with van der Waals surface area (Å²) in [5.41, 5.74) is 2.64. The highest BCUT2D eigenvalue weighted by molar-refractivity contribution is 5.96. The van der Waals surface area contributed by atoms with Gasteiger partial charge in [0.25, 0.3) is 5.91 Å². The summed E-state index contributed by atoms with van der Waals surface area (Å²) in [7, 11) is 0. The van der Waals surface area contributed by atoms with Gasteiger partial charge in [0.2, 0.25) is 0 Å². The molecule has 0 aliphatic rings. The summed E-state index contributed by atoms with van der Waals surface area (Å²) in [6.07, 6.45) is 6.12. The highest BCUT2D eigenvalue weighted by atomic mass is 19.1. The highest BCUT2D eigenvalue weighted by Crippen LogP contribution is 2.18. The van der Waals surface area contributed by atoms with Gasteiger partial charge < -0.3 is 9.88 Å². The molecule has 1 amide bonds. The first-order valence-electron chi connectivity index (χ1n) is 8.58. The van der Waals surface area contributed by atoms with E-state index in [9.17, 15) is 9.18 Å². The predicted molar refractivity (Wildman–Crippen MR) is 96.8 cm³/mol. The largest absolute Gasteiger partial charge is 0.347 e. The third-order valence-corrected chi connectivity index (χ3v) is 4.41. The van der Waals surface area contributed by atoms with Gasteiger partial charge >= 0.3 is 0 Å². The Balaban J connectivity index is 1.82. The fraction of sp³-hybridized carbons (Fsp3) is 0.316. The molecule has 0 saturated carbocycles. The van der Waals surface area contributed by atoms with E-state index >= 15 is 0 Å². The molecule has 0 unspecified atom stereocenters. The Morgan fingerprint density at radius 1 is 1.27 bits per heavy atom. The van der Waals surface area contributed by atoms with Crippen LogP contribution in [0.2, 0.25) is 0 Å². The van der Waals surface area contributed by atoms with Crippen molar-refractivity contribution >= 4 is 5.91 Å². The van der Waals surface area contributed by atoms with Gasteiger partial charge in [0.05, 0.1) is 29.0 Å². The molecule has 2 aromatic heterocycles. The van der Waals surface area contributed by atoms with E-state index in [-0.39, 0.29) is 17.8 Å². The van der Waals surface area contributed by atoms with Gasteiger partial charge in [-0.05, 0) is 44.5 Å². The molecule has 0 aliphatic heterocycles. The van der Waals surface area contributed by atoms with Crippen LogP contribution in [0.1, 0.15) is 35.1 Å². The first kappa shape index (κ1) is 17.8. The number of nitrogens with one attached hydrogen (secondary N) is 1. The lowest BCUT2D eigenvalue weighted by molar-refractivity contribution is 0.0930. The van der Waals surface area contributed by atoms with Crippen molar-refractivity contribution in [2.75, 3.05) is 0 Å². The zero-order chi connectivity index (χ0) is 18.7. The minimum Gasteiger partial charge on any atom is -0.347 e. The number of carbonyl (C=O) groups is 1. The summed E-state index contributed by atoms with van der Waals surface area (Å²) in [5.74, 6) is -0.459. The Bertz CT molecular complexity index is 884. The van der Waals surface area contributed by atoms with Crippen LogP contribution in [0.5, 0.6) is 0 Å². The quantitative estimate of drug-likeness (QED) is 0.739. The molecule has 6 nitrogen and oxygen atoms in total. The Morgan fingerprint density at radius 3 is 2.62 bits per heavy atom. The van der Waals surface area contributed by atoms with Crippen molar-refractivity contribution in [2.24, 2.45) is 0 Å². The minimum absolute atomic E-state index is 0.00956. The lowest BCUT2D eigenvalue weighted by Gasteiger charge is -2.17. The maximum absolute atomic E-state index is 13.2. The van der Waals surface area contributed by atoms with Crippen LogP contribution < -0.4 is 5.32 Å². The number of nitrogens with zero attached hydrogens (tertiary/aromatic N) is 4. The molecule has 26 heavy (non-hydrogen) atoms. The number of hydrogen-bond donors (Lipinski definition) is 1. The Hall–Kier alpha value is -2.96. The molecule has 0 bridgehead atoms. The fourth-order valence-electron chi connectivity index (χ4n) is 2.99. The van der Waals surface area contributed by atoms with E-state index in [0.29, 0.717) is 17.8 Å². The van der Waals surface area contributed by atoms with Gasteiger partial charge in [-0.2, -0.15) is 5.10 Å². The van der Waals surface area contributed by atoms with Gasteiger partial charge in [-0.1, -0.05) is 6.92 Å². The normalized spacial score (nSPS) is 12.2. The summed E-state index contributed by atoms with van der Waals surface area (Å²) in [6.45, 7) is 6.34. The maximum atomic E-state index is 13.2. The zero-order valence-electron chi connectivity index (χ0n) is 15.1. The van der Waals surface area contributed by atoms with Crippen LogP contribution in [0.25, 0.3) is 5.69 Å². The van der Waals surface area contributed by atoms with E-state index in [1.807, 2.05) is 24.6 Å². The molecular formula is C19H22FN5O. The summed E-state index contributed by atoms with van der Waals surface area (Å²) in [4.78, 5) is 16.9. The van der Waals surface area contributed by atoms with Crippen LogP contribution in [0.15, 0.2) is 43.0 Å². The van der Waals surface area contributed by atoms with E-state index in [1.165, 1.54) is 12.1 Å². The van der Waals surface area contributed by atoms with Gasteiger partial charge in [-0.3, -0.25) is 4.79 Å². The number of amides is 1. The number of imidazole rings is 1. The fourth-order valence-corrected chi connectivity index (χ4v) is 2.99. The van der Waals surface area contributed by atoms with Crippen molar-refractivity contribution < 1.29 is 9.18 Å². The second-order valence-corrected chi connectivity index (χ2v) is 6.27. The highest BCUT2D eigenvalue weighted by Gasteiger charge is 2.21. The topological polar surface area (TPSA) is 64.7 Å². The Labute approximate surface area is 151 Å². The van der Waals surface area contributed by atoms with Crippen molar-refractivity contribution in [3.05, 3.63) is 65.8 Å². The SMILES string of the molecule is CC[C@H](Cn1ccnc1)NC(=O)c1c(C)nn(-c2ccc(F)cc2)c1C. The summed E-state index contributed by atoms with van der Waals surface area (Å²) >= 11 is 0. The number of aryl methyl sites for hydroxylation is 1. The first-order chi connectivity index (χ1) is 12.5. The molecule has 2 heterocycles. The first-order valence-corrected chi connectivity index (χ1v) is 8.58. The molecule has 1 aromatic carbocycles. The molecule has 0 aliphatic carbocycles. The number of rotatable bonds is 6. The van der Waals surface area contributed by atoms with Gasteiger partial charge in [0.1, 0.15) is 5.82 Å². The summed E-state index contributed by atoms with van der Waals surface area (Å²) in [5, 5.41) is 7.53. The molecule has 7 heteroatoms. The standard InChI is InChI=1S/C19H22FN5O/c1-4-16(11-24-10-9-21-12-24)22-19(26)18-13(2)23-25(14(18)3)17-7-5-15(20)6-8-17/h5-10,12,16H,4,11H2,1-3H3,(H,22,26)/t16-/m1/s1. The second kappa shape index (κ2) is 7.51. The Kier molecular flexibility index (Phi) is 5.16. The van der Waals surface area contributed by atoms with E-state index in [1.54, 1.807) is 36.3 Å². The van der Waals surface area contributed by atoms with E-state index < -0.39 is 0 Å².